The van der Waals surface area contributed by atoms with E-state index >= 15 is 0 Å². The van der Waals surface area contributed by atoms with Gasteiger partial charge >= 0.3 is 29.6 Å². The number of carbonyl (C=O) groups is 1. The Balaban J connectivity index is 0.00000324. The fourth-order valence-electron chi connectivity index (χ4n) is 4.74. The number of benzene rings is 2. The number of unbranched alkanes of at least 4 members (excludes halogenated alkanes) is 2. The Kier molecular flexibility index (Phi) is 8.07. The number of para-hydroxylation sites is 1. The number of carbonyl (C=O) groups excluding carboxylic acids is 1. The predicted molar refractivity (Wildman–Crippen MR) is 124 cm³/mol. The Labute approximate surface area is 221 Å². The van der Waals surface area contributed by atoms with Crippen molar-refractivity contribution in [3.63, 3.8) is 0 Å². The Bertz CT molecular complexity index is 1280. The van der Waals surface area contributed by atoms with Crippen LogP contribution in [0, 0.1) is 5.82 Å². The van der Waals surface area contributed by atoms with Crippen LogP contribution >= 0.6 is 0 Å². The number of fused-ring (bicyclic) bond motifs is 2. The molecule has 2 aromatic rings. The monoisotopic (exact) mass is 492 g/mol. The number of nitrogens with one attached hydrogen (secondary N) is 1. The molecule has 34 heavy (non-hydrogen) atoms. The SMILES string of the molecule is CCCCC1(CCCC)C(=O)C(C2=NS(=O)(=O)c3ccccc3N2)=C([O-])c2cc(F)ccc21.[Na+]. The van der Waals surface area contributed by atoms with E-state index in [0.717, 1.165) is 31.7 Å². The molecule has 174 valence electrons. The van der Waals surface area contributed by atoms with Crippen molar-refractivity contribution in [3.05, 3.63) is 65.0 Å². The summed E-state index contributed by atoms with van der Waals surface area (Å²) in [4.78, 5) is 14.0. The summed E-state index contributed by atoms with van der Waals surface area (Å²) >= 11 is 0. The second-order valence-corrected chi connectivity index (χ2v) is 10.1. The minimum absolute atomic E-state index is 0. The zero-order chi connectivity index (χ0) is 23.8. The number of rotatable bonds is 7. The molecule has 0 unspecified atom stereocenters. The topological polar surface area (TPSA) is 98.7 Å². The minimum Gasteiger partial charge on any atom is -0.871 e. The third kappa shape index (κ3) is 4.49. The molecule has 1 aliphatic carbocycles. The average molecular weight is 493 g/mol. The molecule has 0 radical (unpaired) electrons. The van der Waals surface area contributed by atoms with E-state index < -0.39 is 32.8 Å². The van der Waals surface area contributed by atoms with E-state index in [4.69, 9.17) is 0 Å². The molecule has 9 heteroatoms. The summed E-state index contributed by atoms with van der Waals surface area (Å²) in [5.41, 5.74) is -0.503. The van der Waals surface area contributed by atoms with Crippen LogP contribution in [0.15, 0.2) is 57.3 Å². The van der Waals surface area contributed by atoms with Crippen LogP contribution in [0.2, 0.25) is 0 Å². The summed E-state index contributed by atoms with van der Waals surface area (Å²) in [6, 6.07) is 10.1. The zero-order valence-electron chi connectivity index (χ0n) is 19.7. The predicted octanol–water partition coefficient (Wildman–Crippen LogP) is 1.31. The number of nitrogens with zero attached hydrogens (tertiary/aromatic N) is 1. The standard InChI is InChI=1S/C25H27FN2O4S.Na/c1-3-5-13-25(14-6-4-2)18-12-11-16(26)15-17(18)22(29)21(23(25)30)24-27-19-9-7-8-10-20(19)33(31,32)28-24;/h7-12,15,29H,3-6,13-14H2,1-2H3,(H,27,28);/q;+1/p-1. The molecular weight excluding hydrogens is 466 g/mol. The molecule has 0 bridgehead atoms. The molecule has 0 saturated heterocycles. The molecule has 0 amide bonds. The first-order valence-electron chi connectivity index (χ1n) is 11.2. The van der Waals surface area contributed by atoms with Crippen LogP contribution in [0.25, 0.3) is 5.76 Å². The van der Waals surface area contributed by atoms with Gasteiger partial charge in [-0.05, 0) is 48.2 Å². The average Bonchev–Trinajstić information content (AvgIpc) is 2.79. The second-order valence-electron chi connectivity index (χ2n) is 8.55. The van der Waals surface area contributed by atoms with Gasteiger partial charge in [0.2, 0.25) is 0 Å². The van der Waals surface area contributed by atoms with Gasteiger partial charge in [0.25, 0.3) is 10.0 Å². The molecule has 1 heterocycles. The Morgan fingerprint density at radius 1 is 1.06 bits per heavy atom. The molecule has 1 aliphatic heterocycles. The molecule has 2 aliphatic rings. The molecule has 6 nitrogen and oxygen atoms in total. The maximum absolute atomic E-state index is 14.2. The van der Waals surface area contributed by atoms with Crippen molar-refractivity contribution < 1.29 is 52.3 Å². The number of halogens is 1. The number of hydrogen-bond donors (Lipinski definition) is 1. The molecule has 0 fully saturated rings. The fraction of sp³-hybridized carbons (Fsp3) is 0.360. The number of hydrogen-bond acceptors (Lipinski definition) is 5. The van der Waals surface area contributed by atoms with Gasteiger partial charge in [0.05, 0.1) is 16.7 Å². The fourth-order valence-corrected chi connectivity index (χ4v) is 5.86. The van der Waals surface area contributed by atoms with Crippen LogP contribution in [-0.2, 0) is 20.2 Å². The summed E-state index contributed by atoms with van der Waals surface area (Å²) in [7, 11) is -4.12. The summed E-state index contributed by atoms with van der Waals surface area (Å²) in [6.45, 7) is 4.02. The van der Waals surface area contributed by atoms with Gasteiger partial charge in [0, 0.05) is 0 Å². The summed E-state index contributed by atoms with van der Waals surface area (Å²) in [5.74, 6) is -2.04. The van der Waals surface area contributed by atoms with Crippen molar-refractivity contribution in [3.8, 4) is 0 Å². The first kappa shape index (κ1) is 26.6. The molecule has 0 atom stereocenters. The van der Waals surface area contributed by atoms with E-state index in [0.29, 0.717) is 18.4 Å². The van der Waals surface area contributed by atoms with Crippen LogP contribution in [0.1, 0.15) is 63.5 Å². The first-order chi connectivity index (χ1) is 15.7. The van der Waals surface area contributed by atoms with Crippen LogP contribution in [0.5, 0.6) is 0 Å². The summed E-state index contributed by atoms with van der Waals surface area (Å²) in [6.07, 6.45) is 4.09. The van der Waals surface area contributed by atoms with Crippen LogP contribution in [0.4, 0.5) is 10.1 Å². The third-order valence-electron chi connectivity index (χ3n) is 6.41. The molecular formula is C25H26FN2NaO4S. The van der Waals surface area contributed by atoms with Gasteiger partial charge in [-0.15, -0.1) is 4.40 Å². The normalized spacial score (nSPS) is 17.7. The van der Waals surface area contributed by atoms with Crippen molar-refractivity contribution in [1.29, 1.82) is 0 Å². The third-order valence-corrected chi connectivity index (χ3v) is 7.75. The Hall–Kier alpha value is -2.00. The van der Waals surface area contributed by atoms with E-state index in [-0.39, 0.29) is 57.1 Å². The van der Waals surface area contributed by atoms with Crippen molar-refractivity contribution in [1.82, 2.24) is 0 Å². The number of ketones is 1. The van der Waals surface area contributed by atoms with Gasteiger partial charge in [-0.1, -0.05) is 63.5 Å². The smallest absolute Gasteiger partial charge is 0.871 e. The maximum Gasteiger partial charge on any atom is 1.00 e. The van der Waals surface area contributed by atoms with Crippen LogP contribution in [0.3, 0.4) is 0 Å². The molecule has 1 N–H and O–H groups in total. The van der Waals surface area contributed by atoms with Gasteiger partial charge in [-0.25, -0.2) is 4.39 Å². The molecule has 4 rings (SSSR count). The molecule has 2 aromatic carbocycles. The van der Waals surface area contributed by atoms with E-state index in [1.807, 2.05) is 13.8 Å². The molecule has 0 saturated carbocycles. The van der Waals surface area contributed by atoms with Gasteiger partial charge < -0.3 is 10.4 Å². The number of sulfonamides is 1. The van der Waals surface area contributed by atoms with Gasteiger partial charge in [-0.3, -0.25) is 4.79 Å². The Morgan fingerprint density at radius 2 is 1.71 bits per heavy atom. The van der Waals surface area contributed by atoms with Crippen molar-refractivity contribution in [2.45, 2.75) is 62.7 Å². The summed E-state index contributed by atoms with van der Waals surface area (Å²) < 4.78 is 43.7. The van der Waals surface area contributed by atoms with Gasteiger partial charge in [0.15, 0.2) is 11.6 Å². The van der Waals surface area contributed by atoms with E-state index in [9.17, 15) is 22.7 Å². The zero-order valence-corrected chi connectivity index (χ0v) is 22.5. The van der Waals surface area contributed by atoms with Crippen LogP contribution in [-0.4, -0.2) is 20.0 Å². The molecule has 0 aromatic heterocycles. The van der Waals surface area contributed by atoms with Crippen LogP contribution < -0.4 is 40.0 Å². The van der Waals surface area contributed by atoms with E-state index in [2.05, 4.69) is 9.71 Å². The first-order valence-corrected chi connectivity index (χ1v) is 12.7. The quantitative estimate of drug-likeness (QED) is 0.588. The minimum atomic E-state index is -4.12. The number of amidine groups is 1. The largest absolute Gasteiger partial charge is 1.00 e. The van der Waals surface area contributed by atoms with Gasteiger partial charge in [0.1, 0.15) is 10.7 Å². The second kappa shape index (κ2) is 10.3. The van der Waals surface area contributed by atoms with Crippen molar-refractivity contribution in [2.24, 2.45) is 4.40 Å². The maximum atomic E-state index is 14.2. The summed E-state index contributed by atoms with van der Waals surface area (Å²) in [5, 5.41) is 16.4. The van der Waals surface area contributed by atoms with Gasteiger partial charge in [-0.2, -0.15) is 8.42 Å². The number of anilines is 1. The van der Waals surface area contributed by atoms with E-state index in [1.54, 1.807) is 18.2 Å². The van der Waals surface area contributed by atoms with Crippen molar-refractivity contribution >= 4 is 33.1 Å². The number of Topliss-reactive ketones (excluding diaryl/α,β-unsaturated/α-hetero) is 1. The Morgan fingerprint density at radius 3 is 2.35 bits per heavy atom. The van der Waals surface area contributed by atoms with E-state index in [1.165, 1.54) is 18.2 Å². The van der Waals surface area contributed by atoms with Crippen molar-refractivity contribution in [2.75, 3.05) is 5.32 Å². The molecule has 0 spiro atoms.